The molecule has 0 radical (unpaired) electrons. The van der Waals surface area contributed by atoms with Crippen LogP contribution in [0.1, 0.15) is 10.4 Å². The van der Waals surface area contributed by atoms with Crippen LogP contribution in [0.5, 0.6) is 0 Å². The van der Waals surface area contributed by atoms with Crippen LogP contribution in [0.3, 0.4) is 0 Å². The third kappa shape index (κ3) is 3.69. The van der Waals surface area contributed by atoms with Crippen LogP contribution in [0.25, 0.3) is 0 Å². The summed E-state index contributed by atoms with van der Waals surface area (Å²) in [6.07, 6.45) is 0. The number of rotatable bonds is 4. The van der Waals surface area contributed by atoms with Crippen LogP contribution in [0.2, 0.25) is 0 Å². The Kier molecular flexibility index (Phi) is 5.10. The Morgan fingerprint density at radius 2 is 2.00 bits per heavy atom. The van der Waals surface area contributed by atoms with Crippen LogP contribution in [0.4, 0.5) is 20.2 Å². The first-order chi connectivity index (χ1) is 12.0. The highest BCUT2D eigenvalue weighted by Gasteiger charge is 2.23. The summed E-state index contributed by atoms with van der Waals surface area (Å²) in [5.41, 5.74) is 6.85. The molecule has 1 heterocycles. The van der Waals surface area contributed by atoms with E-state index < -0.39 is 28.3 Å². The molecule has 0 bridgehead atoms. The van der Waals surface area contributed by atoms with Gasteiger partial charge in [-0.15, -0.1) is 0 Å². The minimum Gasteiger partial charge on any atom is -0.368 e. The number of hydrogen-bond donors (Lipinski definition) is 2. The number of nitrogens with one attached hydrogen (secondary N) is 1. The fourth-order valence-corrected chi connectivity index (χ4v) is 3.98. The van der Waals surface area contributed by atoms with Crippen molar-refractivity contribution in [3.63, 3.8) is 0 Å². The maximum atomic E-state index is 13.2. The molecule has 0 spiro atoms. The van der Waals surface area contributed by atoms with E-state index in [0.29, 0.717) is 35.8 Å². The lowest BCUT2D eigenvalue weighted by atomic mass is 10.1. The molecule has 2 aromatic carbocycles. The van der Waals surface area contributed by atoms with E-state index in [1.165, 1.54) is 6.07 Å². The molecule has 3 rings (SSSR count). The number of carbonyl (C=O) groups excluding carboxylic acids is 1. The topological polar surface area (TPSA) is 75.4 Å². The van der Waals surface area contributed by atoms with Crippen molar-refractivity contribution in [2.45, 2.75) is 4.90 Å². The van der Waals surface area contributed by atoms with Gasteiger partial charge in [-0.3, -0.25) is 9.00 Å². The highest BCUT2D eigenvalue weighted by Crippen LogP contribution is 2.29. The van der Waals surface area contributed by atoms with E-state index in [-0.39, 0.29) is 5.69 Å². The van der Waals surface area contributed by atoms with Gasteiger partial charge in [-0.25, -0.2) is 8.78 Å². The Bertz CT molecular complexity index is 845. The van der Waals surface area contributed by atoms with Gasteiger partial charge in [0.05, 0.1) is 21.4 Å². The summed E-state index contributed by atoms with van der Waals surface area (Å²) in [5.74, 6) is -2.04. The lowest BCUT2D eigenvalue weighted by Gasteiger charge is -2.30. The predicted octanol–water partition coefficient (Wildman–Crippen LogP) is 2.10. The molecule has 3 N–H and O–H groups in total. The zero-order valence-electron chi connectivity index (χ0n) is 13.3. The number of carbonyl (C=O) groups is 1. The lowest BCUT2D eigenvalue weighted by molar-refractivity contribution is 0.102. The van der Waals surface area contributed by atoms with E-state index in [9.17, 15) is 17.8 Å². The van der Waals surface area contributed by atoms with E-state index in [2.05, 4.69) is 5.32 Å². The van der Waals surface area contributed by atoms with Crippen LogP contribution >= 0.6 is 0 Å². The summed E-state index contributed by atoms with van der Waals surface area (Å²) in [5, 5.41) is 2.51. The molecule has 0 aliphatic carbocycles. The summed E-state index contributed by atoms with van der Waals surface area (Å²) in [7, 11) is -1.19. The Morgan fingerprint density at radius 1 is 1.20 bits per heavy atom. The molecule has 2 aromatic rings. The standard InChI is InChI=1S/C17H17F2N3O2S/c18-13-3-2-12(10-14(13)19)21-17(23)11-1-4-15-16(9-11)25(24)8-7-22(15)6-5-20/h1-4,9-10H,5-8,20H2,(H,21,23). The summed E-state index contributed by atoms with van der Waals surface area (Å²) in [4.78, 5) is 15.0. The van der Waals surface area contributed by atoms with E-state index in [1.54, 1.807) is 18.2 Å². The van der Waals surface area contributed by atoms with E-state index in [4.69, 9.17) is 5.73 Å². The van der Waals surface area contributed by atoms with E-state index in [0.717, 1.165) is 17.8 Å². The zero-order chi connectivity index (χ0) is 18.0. The van der Waals surface area contributed by atoms with Crippen LogP contribution in [0, 0.1) is 11.6 Å². The summed E-state index contributed by atoms with van der Waals surface area (Å²) < 4.78 is 38.5. The van der Waals surface area contributed by atoms with Crippen molar-refractivity contribution in [2.24, 2.45) is 5.73 Å². The van der Waals surface area contributed by atoms with Crippen LogP contribution in [-0.2, 0) is 10.8 Å². The number of nitrogens with two attached hydrogens (primary N) is 1. The smallest absolute Gasteiger partial charge is 0.255 e. The van der Waals surface area contributed by atoms with Crippen molar-refractivity contribution < 1.29 is 17.8 Å². The highest BCUT2D eigenvalue weighted by molar-refractivity contribution is 7.85. The van der Waals surface area contributed by atoms with Crippen molar-refractivity contribution >= 4 is 28.1 Å². The molecule has 1 atom stereocenters. The molecule has 0 aromatic heterocycles. The number of anilines is 2. The summed E-state index contributed by atoms with van der Waals surface area (Å²) in [6, 6.07) is 8.05. The van der Waals surface area contributed by atoms with Gasteiger partial charge in [0, 0.05) is 42.7 Å². The van der Waals surface area contributed by atoms with Gasteiger partial charge >= 0.3 is 0 Å². The third-order valence-corrected chi connectivity index (χ3v) is 5.30. The van der Waals surface area contributed by atoms with Crippen molar-refractivity contribution in [1.29, 1.82) is 0 Å². The quantitative estimate of drug-likeness (QED) is 0.870. The second-order valence-corrected chi connectivity index (χ2v) is 7.13. The summed E-state index contributed by atoms with van der Waals surface area (Å²) in [6.45, 7) is 1.77. The number of amides is 1. The molecule has 1 aliphatic rings. The molecule has 5 nitrogen and oxygen atoms in total. The normalized spacial score (nSPS) is 16.4. The van der Waals surface area contributed by atoms with Crippen molar-refractivity contribution in [3.8, 4) is 0 Å². The van der Waals surface area contributed by atoms with Crippen LogP contribution < -0.4 is 16.0 Å². The minimum absolute atomic E-state index is 0.146. The van der Waals surface area contributed by atoms with Gasteiger partial charge in [-0.2, -0.15) is 0 Å². The lowest BCUT2D eigenvalue weighted by Crippen LogP contribution is -2.36. The Hall–Kier alpha value is -2.32. The maximum Gasteiger partial charge on any atom is 0.255 e. The largest absolute Gasteiger partial charge is 0.368 e. The first kappa shape index (κ1) is 17.5. The molecule has 1 unspecified atom stereocenters. The van der Waals surface area contributed by atoms with E-state index >= 15 is 0 Å². The predicted molar refractivity (Wildman–Crippen MR) is 93.3 cm³/mol. The molecule has 25 heavy (non-hydrogen) atoms. The van der Waals surface area contributed by atoms with Gasteiger partial charge in [0.25, 0.3) is 5.91 Å². The molecular weight excluding hydrogens is 348 g/mol. The summed E-state index contributed by atoms with van der Waals surface area (Å²) >= 11 is 0. The number of nitrogens with zero attached hydrogens (tertiary/aromatic N) is 1. The Labute approximate surface area is 146 Å². The number of halogens is 2. The minimum atomic E-state index is -1.19. The molecule has 0 saturated carbocycles. The van der Waals surface area contributed by atoms with E-state index in [1.807, 2.05) is 4.90 Å². The molecule has 0 saturated heterocycles. The zero-order valence-corrected chi connectivity index (χ0v) is 14.1. The van der Waals surface area contributed by atoms with Gasteiger partial charge in [0.2, 0.25) is 0 Å². The van der Waals surface area contributed by atoms with Crippen LogP contribution in [0.15, 0.2) is 41.3 Å². The van der Waals surface area contributed by atoms with Crippen molar-refractivity contribution in [1.82, 2.24) is 0 Å². The van der Waals surface area contributed by atoms with Crippen LogP contribution in [-0.4, -0.2) is 35.5 Å². The monoisotopic (exact) mass is 365 g/mol. The molecule has 132 valence electrons. The fourth-order valence-electron chi connectivity index (χ4n) is 2.69. The molecule has 1 aliphatic heterocycles. The average Bonchev–Trinajstić information content (AvgIpc) is 2.60. The first-order valence-electron chi connectivity index (χ1n) is 7.73. The van der Waals surface area contributed by atoms with Gasteiger partial charge in [0.1, 0.15) is 0 Å². The van der Waals surface area contributed by atoms with Gasteiger partial charge < -0.3 is 16.0 Å². The van der Waals surface area contributed by atoms with Gasteiger partial charge in [0.15, 0.2) is 11.6 Å². The maximum absolute atomic E-state index is 13.2. The van der Waals surface area contributed by atoms with Gasteiger partial charge in [-0.1, -0.05) is 0 Å². The van der Waals surface area contributed by atoms with Gasteiger partial charge in [-0.05, 0) is 30.3 Å². The molecule has 0 fully saturated rings. The Morgan fingerprint density at radius 3 is 2.72 bits per heavy atom. The first-order valence-corrected chi connectivity index (χ1v) is 9.05. The fraction of sp³-hybridized carbons (Fsp3) is 0.235. The molecule has 8 heteroatoms. The Balaban J connectivity index is 1.85. The van der Waals surface area contributed by atoms with Crippen molar-refractivity contribution in [2.75, 3.05) is 35.6 Å². The molecular formula is C17H17F2N3O2S. The molecule has 1 amide bonds. The second-order valence-electron chi connectivity index (χ2n) is 5.59. The number of hydrogen-bond acceptors (Lipinski definition) is 4. The highest BCUT2D eigenvalue weighted by atomic mass is 32.2. The SMILES string of the molecule is NCCN1CCS(=O)c2cc(C(=O)Nc3ccc(F)c(F)c3)ccc21. The number of fused-ring (bicyclic) bond motifs is 1. The van der Waals surface area contributed by atoms with Crippen molar-refractivity contribution in [3.05, 3.63) is 53.6 Å². The second kappa shape index (κ2) is 7.28. The average molecular weight is 365 g/mol. The number of benzene rings is 2. The third-order valence-electron chi connectivity index (χ3n) is 3.93.